The van der Waals surface area contributed by atoms with Gasteiger partial charge in [-0.3, -0.25) is 0 Å². The molecule has 36 heavy (non-hydrogen) atoms. The van der Waals surface area contributed by atoms with Gasteiger partial charge in [-0.2, -0.15) is 0 Å². The van der Waals surface area contributed by atoms with Crippen LogP contribution in [0.3, 0.4) is 0 Å². The summed E-state index contributed by atoms with van der Waals surface area (Å²) in [5, 5.41) is 0. The van der Waals surface area contributed by atoms with Gasteiger partial charge in [0, 0.05) is 38.1 Å². The maximum absolute atomic E-state index is 14.2. The van der Waals surface area contributed by atoms with Crippen molar-refractivity contribution in [2.45, 2.75) is 58.1 Å². The zero-order chi connectivity index (χ0) is 25.7. The summed E-state index contributed by atoms with van der Waals surface area (Å²) in [6, 6.07) is 6.61. The Hall–Kier alpha value is -2.94. The van der Waals surface area contributed by atoms with E-state index in [1.165, 1.54) is 6.07 Å². The molecule has 0 spiro atoms. The first kappa shape index (κ1) is 26.1. The molecule has 1 aromatic carbocycles. The molecular weight excluding hydrogens is 461 g/mol. The largest absolute Gasteiger partial charge is 0.490 e. The third kappa shape index (κ3) is 6.43. The Morgan fingerprint density at radius 3 is 2.50 bits per heavy atom. The molecular formula is C27H38FN5O3. The van der Waals surface area contributed by atoms with Gasteiger partial charge in [0.25, 0.3) is 0 Å². The van der Waals surface area contributed by atoms with Gasteiger partial charge in [0.2, 0.25) is 5.95 Å². The van der Waals surface area contributed by atoms with E-state index in [9.17, 15) is 9.18 Å². The lowest BCUT2D eigenvalue weighted by atomic mass is 9.84. The first-order chi connectivity index (χ1) is 17.3. The summed E-state index contributed by atoms with van der Waals surface area (Å²) in [6.07, 6.45) is 5.97. The van der Waals surface area contributed by atoms with E-state index in [2.05, 4.69) is 16.9 Å². The van der Waals surface area contributed by atoms with Crippen LogP contribution in [0.1, 0.15) is 51.5 Å². The quantitative estimate of drug-likeness (QED) is 0.582. The standard InChI is InChI=1S/C27H38FN5O3/c1-18(2)36-27(34)32-11-8-20(9-12-32)19(3)10-13-35-21-14-30-26(31-15-21)33-16-23(25(29)17-33)22-6-4-5-7-24(22)28/h4-7,14-15,18-20,23,25H,8-13,16-17,29H2,1-3H3/t19-,23+,25-/m1/s1. The smallest absolute Gasteiger partial charge is 0.410 e. The summed E-state index contributed by atoms with van der Waals surface area (Å²) in [4.78, 5) is 24.8. The van der Waals surface area contributed by atoms with Crippen LogP contribution in [0, 0.1) is 17.7 Å². The molecule has 2 fully saturated rings. The molecule has 1 amide bonds. The van der Waals surface area contributed by atoms with Crippen molar-refractivity contribution in [3.05, 3.63) is 48.0 Å². The number of ether oxygens (including phenoxy) is 2. The Morgan fingerprint density at radius 2 is 1.83 bits per heavy atom. The maximum atomic E-state index is 14.2. The lowest BCUT2D eigenvalue weighted by molar-refractivity contribution is 0.0597. The van der Waals surface area contributed by atoms with Crippen molar-refractivity contribution in [2.75, 3.05) is 37.7 Å². The number of amides is 1. The highest BCUT2D eigenvalue weighted by Crippen LogP contribution is 2.31. The van der Waals surface area contributed by atoms with Crippen LogP contribution in [-0.2, 0) is 4.74 Å². The fourth-order valence-corrected chi connectivity index (χ4v) is 5.17. The van der Waals surface area contributed by atoms with Crippen molar-refractivity contribution >= 4 is 12.0 Å². The lowest BCUT2D eigenvalue weighted by Crippen LogP contribution is -2.41. The van der Waals surface area contributed by atoms with E-state index in [1.807, 2.05) is 29.7 Å². The minimum absolute atomic E-state index is 0.0898. The molecule has 0 bridgehead atoms. The zero-order valence-corrected chi connectivity index (χ0v) is 21.5. The number of hydrogen-bond acceptors (Lipinski definition) is 7. The highest BCUT2D eigenvalue weighted by atomic mass is 19.1. The first-order valence-electron chi connectivity index (χ1n) is 13.0. The number of anilines is 1. The predicted octanol–water partition coefficient (Wildman–Crippen LogP) is 4.21. The summed E-state index contributed by atoms with van der Waals surface area (Å²) in [6.45, 7) is 9.22. The van der Waals surface area contributed by atoms with Crippen LogP contribution in [-0.4, -0.2) is 65.9 Å². The molecule has 3 heterocycles. The van der Waals surface area contributed by atoms with Crippen LogP contribution < -0.4 is 15.4 Å². The van der Waals surface area contributed by atoms with E-state index in [0.717, 1.165) is 32.4 Å². The van der Waals surface area contributed by atoms with Gasteiger partial charge >= 0.3 is 6.09 Å². The minimum atomic E-state index is -0.224. The van der Waals surface area contributed by atoms with Crippen LogP contribution >= 0.6 is 0 Å². The number of halogens is 1. The van der Waals surface area contributed by atoms with Crippen LogP contribution in [0.15, 0.2) is 36.7 Å². The molecule has 2 aliphatic rings. The number of piperidine rings is 1. The first-order valence-corrected chi connectivity index (χ1v) is 13.0. The third-order valence-corrected chi connectivity index (χ3v) is 7.35. The van der Waals surface area contributed by atoms with Gasteiger partial charge in [0.1, 0.15) is 5.82 Å². The topological polar surface area (TPSA) is 93.8 Å². The van der Waals surface area contributed by atoms with Gasteiger partial charge in [-0.25, -0.2) is 19.2 Å². The normalized spacial score (nSPS) is 21.6. The summed E-state index contributed by atoms with van der Waals surface area (Å²) in [5.41, 5.74) is 6.96. The van der Waals surface area contributed by atoms with Crippen molar-refractivity contribution in [1.29, 1.82) is 0 Å². The molecule has 0 saturated carbocycles. The molecule has 3 atom stereocenters. The molecule has 196 valence electrons. The van der Waals surface area contributed by atoms with Crippen LogP contribution in [0.4, 0.5) is 15.1 Å². The van der Waals surface area contributed by atoms with Crippen molar-refractivity contribution in [1.82, 2.24) is 14.9 Å². The van der Waals surface area contributed by atoms with Crippen molar-refractivity contribution < 1.29 is 18.7 Å². The zero-order valence-electron chi connectivity index (χ0n) is 21.5. The summed E-state index contributed by atoms with van der Waals surface area (Å²) >= 11 is 0. The SMILES string of the molecule is CC(C)OC(=O)N1CCC([C@H](C)CCOc2cnc(N3C[C@@H](N)[C@H](c4ccccc4F)C3)nc2)CC1. The molecule has 4 rings (SSSR count). The van der Waals surface area contributed by atoms with E-state index in [-0.39, 0.29) is 30.0 Å². The Labute approximate surface area is 213 Å². The van der Waals surface area contributed by atoms with E-state index >= 15 is 0 Å². The summed E-state index contributed by atoms with van der Waals surface area (Å²) in [7, 11) is 0. The van der Waals surface area contributed by atoms with Gasteiger partial charge in [0.15, 0.2) is 5.75 Å². The molecule has 8 nitrogen and oxygen atoms in total. The van der Waals surface area contributed by atoms with Gasteiger partial charge in [0.05, 0.1) is 25.1 Å². The highest BCUT2D eigenvalue weighted by Gasteiger charge is 2.34. The second kappa shape index (κ2) is 11.9. The van der Waals surface area contributed by atoms with Crippen molar-refractivity contribution in [3.63, 3.8) is 0 Å². The lowest BCUT2D eigenvalue weighted by Gasteiger charge is -2.34. The molecule has 9 heteroatoms. The highest BCUT2D eigenvalue weighted by molar-refractivity contribution is 5.67. The number of likely N-dealkylation sites (tertiary alicyclic amines) is 1. The third-order valence-electron chi connectivity index (χ3n) is 7.35. The number of carbonyl (C=O) groups is 1. The van der Waals surface area contributed by atoms with Gasteiger partial charge in [-0.05, 0) is 56.6 Å². The van der Waals surface area contributed by atoms with Crippen molar-refractivity contribution in [2.24, 2.45) is 17.6 Å². The second-order valence-electron chi connectivity index (χ2n) is 10.3. The second-order valence-corrected chi connectivity index (χ2v) is 10.3. The maximum Gasteiger partial charge on any atom is 0.410 e. The van der Waals surface area contributed by atoms with Gasteiger partial charge < -0.3 is 25.0 Å². The van der Waals surface area contributed by atoms with Crippen LogP contribution in [0.5, 0.6) is 5.75 Å². The molecule has 0 aliphatic carbocycles. The monoisotopic (exact) mass is 499 g/mol. The fraction of sp³-hybridized carbons (Fsp3) is 0.593. The molecule has 2 aromatic rings. The number of nitrogens with two attached hydrogens (primary N) is 1. The molecule has 2 aliphatic heterocycles. The number of aromatic nitrogens is 2. The summed E-state index contributed by atoms with van der Waals surface area (Å²) in [5.74, 6) is 1.95. The van der Waals surface area contributed by atoms with E-state index in [1.54, 1.807) is 24.5 Å². The molecule has 2 saturated heterocycles. The van der Waals surface area contributed by atoms with E-state index in [0.29, 0.717) is 48.8 Å². The average Bonchev–Trinajstić information content (AvgIpc) is 3.25. The van der Waals surface area contributed by atoms with Crippen molar-refractivity contribution in [3.8, 4) is 5.75 Å². The Balaban J connectivity index is 1.21. The van der Waals surface area contributed by atoms with Crippen LogP contribution in [0.25, 0.3) is 0 Å². The van der Waals surface area contributed by atoms with Gasteiger partial charge in [-0.15, -0.1) is 0 Å². The van der Waals surface area contributed by atoms with E-state index in [4.69, 9.17) is 15.2 Å². The number of benzene rings is 1. The average molecular weight is 500 g/mol. The number of rotatable bonds is 8. The number of nitrogens with zero attached hydrogens (tertiary/aromatic N) is 4. The molecule has 0 radical (unpaired) electrons. The number of carbonyl (C=O) groups excluding carboxylic acids is 1. The molecule has 2 N–H and O–H groups in total. The summed E-state index contributed by atoms with van der Waals surface area (Å²) < 4.78 is 25.5. The van der Waals surface area contributed by atoms with Crippen LogP contribution in [0.2, 0.25) is 0 Å². The predicted molar refractivity (Wildman–Crippen MR) is 137 cm³/mol. The molecule has 0 unspecified atom stereocenters. The molecule has 1 aromatic heterocycles. The Morgan fingerprint density at radius 1 is 1.14 bits per heavy atom. The Bertz CT molecular complexity index is 997. The van der Waals surface area contributed by atoms with E-state index < -0.39 is 0 Å². The Kier molecular flexibility index (Phi) is 8.61. The van der Waals surface area contributed by atoms with Gasteiger partial charge in [-0.1, -0.05) is 25.1 Å². The fourth-order valence-electron chi connectivity index (χ4n) is 5.17. The number of hydrogen-bond donors (Lipinski definition) is 1. The minimum Gasteiger partial charge on any atom is -0.490 e.